The van der Waals surface area contributed by atoms with Crippen molar-refractivity contribution in [2.75, 3.05) is 13.7 Å². The van der Waals surface area contributed by atoms with Crippen molar-refractivity contribution in [1.29, 1.82) is 0 Å². The molecule has 4 heteroatoms. The third kappa shape index (κ3) is 3.67. The number of hydrogen-bond acceptors (Lipinski definition) is 3. The molecule has 1 saturated heterocycles. The number of hydrogen-bond donors (Lipinski definition) is 1. The van der Waals surface area contributed by atoms with Crippen molar-refractivity contribution in [1.82, 2.24) is 0 Å². The van der Waals surface area contributed by atoms with Gasteiger partial charge in [-0.05, 0) is 38.2 Å². The highest BCUT2D eigenvalue weighted by Gasteiger charge is 2.19. The second kappa shape index (κ2) is 6.87. The predicted molar refractivity (Wildman–Crippen MR) is 70.7 cm³/mol. The molecule has 2 atom stereocenters. The van der Waals surface area contributed by atoms with Crippen molar-refractivity contribution < 1.29 is 19.0 Å². The summed E-state index contributed by atoms with van der Waals surface area (Å²) >= 11 is 0. The lowest BCUT2D eigenvalue weighted by atomic mass is 9.98. The Morgan fingerprint density at radius 3 is 3.00 bits per heavy atom. The zero-order valence-electron chi connectivity index (χ0n) is 11.3. The average molecular weight is 268 g/mol. The molecule has 0 spiro atoms. The zero-order valence-corrected chi connectivity index (χ0v) is 11.3. The maximum atomic E-state index is 14.0. The molecule has 19 heavy (non-hydrogen) atoms. The first-order valence-corrected chi connectivity index (χ1v) is 6.84. The van der Waals surface area contributed by atoms with E-state index in [1.807, 2.05) is 0 Å². The van der Waals surface area contributed by atoms with E-state index in [9.17, 15) is 9.50 Å². The summed E-state index contributed by atoms with van der Waals surface area (Å²) in [6.07, 6.45) is 4.00. The van der Waals surface area contributed by atoms with Gasteiger partial charge in [-0.3, -0.25) is 0 Å². The fourth-order valence-electron chi connectivity index (χ4n) is 2.48. The molecule has 2 rings (SSSR count). The Bertz CT molecular complexity index is 402. The van der Waals surface area contributed by atoms with Gasteiger partial charge in [0.05, 0.1) is 19.3 Å². The van der Waals surface area contributed by atoms with Crippen LogP contribution in [0.5, 0.6) is 5.75 Å². The standard InChI is InChI=1S/C15H21FO3/c1-18-14-7-4-6-12(15(14)16)13(17)9-8-11-5-2-3-10-19-11/h4,6-7,11,13,17H,2-3,5,8-10H2,1H3. The first kappa shape index (κ1) is 14.3. The Labute approximate surface area is 113 Å². The third-order valence-electron chi connectivity index (χ3n) is 3.61. The molecule has 1 fully saturated rings. The number of rotatable bonds is 5. The minimum Gasteiger partial charge on any atom is -0.494 e. The molecule has 0 saturated carbocycles. The van der Waals surface area contributed by atoms with Gasteiger partial charge in [0, 0.05) is 12.2 Å². The van der Waals surface area contributed by atoms with E-state index < -0.39 is 11.9 Å². The highest BCUT2D eigenvalue weighted by molar-refractivity contribution is 5.32. The van der Waals surface area contributed by atoms with Crippen LogP contribution in [0.25, 0.3) is 0 Å². The van der Waals surface area contributed by atoms with Crippen LogP contribution in [0.2, 0.25) is 0 Å². The minimum atomic E-state index is -0.805. The van der Waals surface area contributed by atoms with Gasteiger partial charge in [0.1, 0.15) is 0 Å². The molecule has 3 nitrogen and oxygen atoms in total. The molecule has 1 N–H and O–H groups in total. The molecule has 1 aromatic rings. The summed E-state index contributed by atoms with van der Waals surface area (Å²) in [5.74, 6) is -0.299. The fourth-order valence-corrected chi connectivity index (χ4v) is 2.48. The maximum absolute atomic E-state index is 14.0. The molecule has 1 aromatic carbocycles. The molecule has 1 aliphatic rings. The summed E-state index contributed by atoms with van der Waals surface area (Å²) in [6, 6.07) is 4.84. The second-order valence-corrected chi connectivity index (χ2v) is 4.95. The minimum absolute atomic E-state index is 0.172. The molecule has 2 unspecified atom stereocenters. The molecule has 0 aromatic heterocycles. The van der Waals surface area contributed by atoms with E-state index in [2.05, 4.69) is 0 Å². The van der Waals surface area contributed by atoms with Gasteiger partial charge in [0.2, 0.25) is 0 Å². The first-order chi connectivity index (χ1) is 9.22. The first-order valence-electron chi connectivity index (χ1n) is 6.84. The number of halogens is 1. The summed E-state index contributed by atoms with van der Waals surface area (Å²) in [6.45, 7) is 0.800. The highest BCUT2D eigenvalue weighted by atomic mass is 19.1. The number of ether oxygens (including phenoxy) is 2. The number of aliphatic hydroxyl groups excluding tert-OH is 1. The van der Waals surface area contributed by atoms with Gasteiger partial charge < -0.3 is 14.6 Å². The van der Waals surface area contributed by atoms with Crippen LogP contribution in [0.4, 0.5) is 4.39 Å². The summed E-state index contributed by atoms with van der Waals surface area (Å²) in [5, 5.41) is 10.1. The van der Waals surface area contributed by atoms with E-state index in [4.69, 9.17) is 9.47 Å². The predicted octanol–water partition coefficient (Wildman–Crippen LogP) is 3.22. The van der Waals surface area contributed by atoms with Gasteiger partial charge in [-0.1, -0.05) is 12.1 Å². The highest BCUT2D eigenvalue weighted by Crippen LogP contribution is 2.29. The topological polar surface area (TPSA) is 38.7 Å². The van der Waals surface area contributed by atoms with Crippen LogP contribution in [-0.4, -0.2) is 24.9 Å². The Morgan fingerprint density at radius 2 is 2.32 bits per heavy atom. The SMILES string of the molecule is COc1cccc(C(O)CCC2CCCCO2)c1F. The van der Waals surface area contributed by atoms with Gasteiger partial charge in [0.15, 0.2) is 11.6 Å². The number of aliphatic hydroxyl groups is 1. The van der Waals surface area contributed by atoms with Gasteiger partial charge in [0.25, 0.3) is 0 Å². The second-order valence-electron chi connectivity index (χ2n) is 4.95. The number of benzene rings is 1. The molecular weight excluding hydrogens is 247 g/mol. The summed E-state index contributed by atoms with van der Waals surface area (Å²) < 4.78 is 24.5. The van der Waals surface area contributed by atoms with Crippen molar-refractivity contribution >= 4 is 0 Å². The average Bonchev–Trinajstić information content (AvgIpc) is 2.46. The van der Waals surface area contributed by atoms with Gasteiger partial charge in [-0.15, -0.1) is 0 Å². The Morgan fingerprint density at radius 1 is 1.47 bits per heavy atom. The summed E-state index contributed by atoms with van der Waals surface area (Å²) in [5.41, 5.74) is 0.301. The Balaban J connectivity index is 1.93. The molecule has 0 radical (unpaired) electrons. The maximum Gasteiger partial charge on any atom is 0.170 e. The number of methoxy groups -OCH3 is 1. The summed E-state index contributed by atoms with van der Waals surface area (Å²) in [7, 11) is 1.42. The molecule has 106 valence electrons. The zero-order chi connectivity index (χ0) is 13.7. The van der Waals surface area contributed by atoms with Gasteiger partial charge >= 0.3 is 0 Å². The van der Waals surface area contributed by atoms with Gasteiger partial charge in [-0.2, -0.15) is 0 Å². The largest absolute Gasteiger partial charge is 0.494 e. The lowest BCUT2D eigenvalue weighted by Crippen LogP contribution is -2.19. The lowest BCUT2D eigenvalue weighted by Gasteiger charge is -2.23. The van der Waals surface area contributed by atoms with Crippen LogP contribution in [0.15, 0.2) is 18.2 Å². The molecule has 0 amide bonds. The van der Waals surface area contributed by atoms with Crippen molar-refractivity contribution in [2.24, 2.45) is 0 Å². The van der Waals surface area contributed by atoms with Crippen LogP contribution >= 0.6 is 0 Å². The van der Waals surface area contributed by atoms with Crippen LogP contribution in [0.3, 0.4) is 0 Å². The van der Waals surface area contributed by atoms with E-state index in [-0.39, 0.29) is 11.9 Å². The smallest absolute Gasteiger partial charge is 0.170 e. The van der Waals surface area contributed by atoms with Gasteiger partial charge in [-0.25, -0.2) is 4.39 Å². The van der Waals surface area contributed by atoms with Crippen LogP contribution in [-0.2, 0) is 4.74 Å². The van der Waals surface area contributed by atoms with Crippen molar-refractivity contribution in [3.8, 4) is 5.75 Å². The monoisotopic (exact) mass is 268 g/mol. The quantitative estimate of drug-likeness (QED) is 0.891. The van der Waals surface area contributed by atoms with E-state index in [1.165, 1.54) is 13.5 Å². The lowest BCUT2D eigenvalue weighted by molar-refractivity contribution is 0.00188. The molecule has 1 aliphatic heterocycles. The Kier molecular flexibility index (Phi) is 5.16. The van der Waals surface area contributed by atoms with E-state index in [1.54, 1.807) is 18.2 Å². The van der Waals surface area contributed by atoms with Crippen molar-refractivity contribution in [3.63, 3.8) is 0 Å². The molecule has 0 bridgehead atoms. The molecular formula is C15H21FO3. The summed E-state index contributed by atoms with van der Waals surface area (Å²) in [4.78, 5) is 0. The Hall–Kier alpha value is -1.13. The van der Waals surface area contributed by atoms with E-state index in [0.29, 0.717) is 12.0 Å². The van der Waals surface area contributed by atoms with E-state index in [0.717, 1.165) is 25.9 Å². The van der Waals surface area contributed by atoms with Crippen molar-refractivity contribution in [2.45, 2.75) is 44.3 Å². The van der Waals surface area contributed by atoms with E-state index >= 15 is 0 Å². The third-order valence-corrected chi connectivity index (χ3v) is 3.61. The normalized spacial score (nSPS) is 21.1. The molecule has 1 heterocycles. The van der Waals surface area contributed by atoms with Crippen LogP contribution < -0.4 is 4.74 Å². The van der Waals surface area contributed by atoms with Crippen LogP contribution in [0.1, 0.15) is 43.8 Å². The van der Waals surface area contributed by atoms with Crippen LogP contribution in [0, 0.1) is 5.82 Å². The molecule has 0 aliphatic carbocycles. The fraction of sp³-hybridized carbons (Fsp3) is 0.600. The van der Waals surface area contributed by atoms with Crippen molar-refractivity contribution in [3.05, 3.63) is 29.6 Å².